The third-order valence-corrected chi connectivity index (χ3v) is 6.56. The Morgan fingerprint density at radius 2 is 1.82 bits per heavy atom. The van der Waals surface area contributed by atoms with E-state index in [-0.39, 0.29) is 18.4 Å². The second-order valence-corrected chi connectivity index (χ2v) is 9.67. The van der Waals surface area contributed by atoms with Crippen molar-refractivity contribution in [2.75, 3.05) is 38.5 Å². The molecule has 0 bridgehead atoms. The largest absolute Gasteiger partial charge is 0.489 e. The Morgan fingerprint density at radius 1 is 1.09 bits per heavy atom. The van der Waals surface area contributed by atoms with Gasteiger partial charge in [-0.05, 0) is 38.6 Å². The lowest BCUT2D eigenvalue weighted by Gasteiger charge is -2.32. The third kappa shape index (κ3) is 6.63. The van der Waals surface area contributed by atoms with Crippen LogP contribution in [0.2, 0.25) is 0 Å². The number of piperazine rings is 1. The summed E-state index contributed by atoms with van der Waals surface area (Å²) < 4.78 is 5.79. The molecule has 0 aliphatic carbocycles. The molecule has 7 heteroatoms. The summed E-state index contributed by atoms with van der Waals surface area (Å²) in [6.07, 6.45) is 0.269. The maximum absolute atomic E-state index is 12.6. The number of benzene rings is 2. The van der Waals surface area contributed by atoms with Crippen LogP contribution in [-0.4, -0.2) is 60.0 Å². The Bertz CT molecular complexity index is 1060. The lowest BCUT2D eigenvalue weighted by molar-refractivity contribution is -0.115. The summed E-state index contributed by atoms with van der Waals surface area (Å²) in [5.41, 5.74) is 3.87. The van der Waals surface area contributed by atoms with Gasteiger partial charge in [0.25, 0.3) is 0 Å². The number of aromatic nitrogens is 1. The molecule has 3 aromatic rings. The fraction of sp³-hybridized carbons (Fsp3) is 0.385. The zero-order valence-electron chi connectivity index (χ0n) is 19.6. The molecule has 0 saturated carbocycles. The van der Waals surface area contributed by atoms with E-state index < -0.39 is 0 Å². The highest BCUT2D eigenvalue weighted by Crippen LogP contribution is 2.27. The highest BCUT2D eigenvalue weighted by atomic mass is 32.1. The van der Waals surface area contributed by atoms with E-state index in [9.17, 15) is 4.79 Å². The first-order valence-corrected chi connectivity index (χ1v) is 12.3. The number of para-hydroxylation sites is 2. The molecule has 6 nitrogen and oxygen atoms in total. The van der Waals surface area contributed by atoms with E-state index in [0.717, 1.165) is 49.0 Å². The Balaban J connectivity index is 1.34. The molecule has 1 aliphatic rings. The molecule has 2 aromatic carbocycles. The molecule has 33 heavy (non-hydrogen) atoms. The van der Waals surface area contributed by atoms with Gasteiger partial charge in [-0.2, -0.15) is 0 Å². The zero-order chi connectivity index (χ0) is 23.2. The van der Waals surface area contributed by atoms with Crippen LogP contribution in [0.4, 0.5) is 5.69 Å². The lowest BCUT2D eigenvalue weighted by atomic mass is 10.1. The highest BCUT2D eigenvalue weighted by Gasteiger charge is 2.15. The minimum Gasteiger partial charge on any atom is -0.489 e. The van der Waals surface area contributed by atoms with Gasteiger partial charge < -0.3 is 15.0 Å². The smallest absolute Gasteiger partial charge is 0.230 e. The van der Waals surface area contributed by atoms with Gasteiger partial charge in [-0.25, -0.2) is 4.98 Å². The van der Waals surface area contributed by atoms with E-state index in [2.05, 4.69) is 46.4 Å². The van der Waals surface area contributed by atoms with Crippen LogP contribution in [0.3, 0.4) is 0 Å². The van der Waals surface area contributed by atoms with Crippen molar-refractivity contribution in [3.8, 4) is 16.3 Å². The van der Waals surface area contributed by atoms with E-state index >= 15 is 0 Å². The summed E-state index contributed by atoms with van der Waals surface area (Å²) in [6, 6.07) is 16.1. The minimum absolute atomic E-state index is 0.0390. The number of thiazole rings is 1. The summed E-state index contributed by atoms with van der Waals surface area (Å²) in [4.78, 5) is 22.2. The zero-order valence-corrected chi connectivity index (χ0v) is 20.4. The van der Waals surface area contributed by atoms with Crippen LogP contribution in [0, 0.1) is 0 Å². The Morgan fingerprint density at radius 3 is 2.55 bits per heavy atom. The van der Waals surface area contributed by atoms with Gasteiger partial charge in [0.15, 0.2) is 0 Å². The predicted octanol–water partition coefficient (Wildman–Crippen LogP) is 4.53. The number of hydrogen-bond acceptors (Lipinski definition) is 6. The van der Waals surface area contributed by atoms with Gasteiger partial charge in [-0.15, -0.1) is 11.3 Å². The van der Waals surface area contributed by atoms with Gasteiger partial charge in [0.05, 0.1) is 23.9 Å². The second kappa shape index (κ2) is 10.9. The summed E-state index contributed by atoms with van der Waals surface area (Å²) in [5.74, 6) is 0.575. The topological polar surface area (TPSA) is 57.7 Å². The first kappa shape index (κ1) is 23.4. The van der Waals surface area contributed by atoms with Crippen molar-refractivity contribution in [3.63, 3.8) is 0 Å². The van der Waals surface area contributed by atoms with Crippen molar-refractivity contribution in [1.82, 2.24) is 14.8 Å². The predicted molar refractivity (Wildman–Crippen MR) is 135 cm³/mol. The molecule has 1 aromatic heterocycles. The van der Waals surface area contributed by atoms with E-state index in [0.29, 0.717) is 11.4 Å². The molecule has 1 aliphatic heterocycles. The minimum atomic E-state index is -0.103. The maximum Gasteiger partial charge on any atom is 0.230 e. The lowest BCUT2D eigenvalue weighted by Crippen LogP contribution is -2.43. The van der Waals surface area contributed by atoms with Crippen LogP contribution in [0.1, 0.15) is 25.1 Å². The molecular formula is C26H32N4O2S. The normalized spacial score (nSPS) is 15.0. The Kier molecular flexibility index (Phi) is 7.75. The average molecular weight is 465 g/mol. The molecule has 174 valence electrons. The Labute approximate surface area is 200 Å². The number of carbonyl (C=O) groups excluding carboxylic acids is 1. The molecule has 4 rings (SSSR count). The molecule has 0 spiro atoms. The SMILES string of the molecule is CC(C)Oc1ccccc1NC(=O)Cc1csc(-c2ccc(CN3CCN(C)CC3)cc2)n1. The number of likely N-dealkylation sites (N-methyl/N-ethyl adjacent to an activating group) is 1. The van der Waals surface area contributed by atoms with Gasteiger partial charge in [-0.1, -0.05) is 36.4 Å². The number of carbonyl (C=O) groups is 1. The van der Waals surface area contributed by atoms with Gasteiger partial charge >= 0.3 is 0 Å². The van der Waals surface area contributed by atoms with Crippen LogP contribution < -0.4 is 10.1 Å². The van der Waals surface area contributed by atoms with E-state index in [1.54, 1.807) is 11.3 Å². The molecule has 0 radical (unpaired) electrons. The van der Waals surface area contributed by atoms with E-state index in [1.165, 1.54) is 5.56 Å². The summed E-state index contributed by atoms with van der Waals surface area (Å²) >= 11 is 1.57. The van der Waals surface area contributed by atoms with Gasteiger partial charge in [0, 0.05) is 43.7 Å². The number of rotatable bonds is 8. The van der Waals surface area contributed by atoms with E-state index in [1.807, 2.05) is 43.5 Å². The summed E-state index contributed by atoms with van der Waals surface area (Å²) in [6.45, 7) is 9.41. The second-order valence-electron chi connectivity index (χ2n) is 8.81. The molecule has 2 heterocycles. The molecule has 1 N–H and O–H groups in total. The van der Waals surface area contributed by atoms with Crippen molar-refractivity contribution in [2.24, 2.45) is 0 Å². The number of anilines is 1. The molecule has 1 amide bonds. The quantitative estimate of drug-likeness (QED) is 0.531. The summed E-state index contributed by atoms with van der Waals surface area (Å²) in [7, 11) is 2.18. The number of ether oxygens (including phenoxy) is 1. The van der Waals surface area contributed by atoms with Crippen molar-refractivity contribution >= 4 is 22.9 Å². The number of nitrogens with one attached hydrogen (secondary N) is 1. The fourth-order valence-electron chi connectivity index (χ4n) is 3.82. The molecule has 0 atom stereocenters. The molecule has 1 fully saturated rings. The van der Waals surface area contributed by atoms with Crippen LogP contribution in [-0.2, 0) is 17.8 Å². The van der Waals surface area contributed by atoms with Crippen LogP contribution >= 0.6 is 11.3 Å². The number of hydrogen-bond donors (Lipinski definition) is 1. The Hall–Kier alpha value is -2.74. The van der Waals surface area contributed by atoms with Crippen LogP contribution in [0.5, 0.6) is 5.75 Å². The first-order chi connectivity index (χ1) is 16.0. The van der Waals surface area contributed by atoms with Gasteiger partial charge in [0.1, 0.15) is 10.8 Å². The average Bonchev–Trinajstić information content (AvgIpc) is 3.25. The maximum atomic E-state index is 12.6. The monoisotopic (exact) mass is 464 g/mol. The third-order valence-electron chi connectivity index (χ3n) is 5.62. The number of nitrogens with zero attached hydrogens (tertiary/aromatic N) is 3. The summed E-state index contributed by atoms with van der Waals surface area (Å²) in [5, 5.41) is 5.85. The van der Waals surface area contributed by atoms with Crippen LogP contribution in [0.15, 0.2) is 53.9 Å². The van der Waals surface area contributed by atoms with Crippen molar-refractivity contribution in [3.05, 3.63) is 65.2 Å². The van der Waals surface area contributed by atoms with E-state index in [4.69, 9.17) is 9.72 Å². The van der Waals surface area contributed by atoms with Crippen molar-refractivity contribution in [2.45, 2.75) is 32.9 Å². The van der Waals surface area contributed by atoms with Crippen molar-refractivity contribution in [1.29, 1.82) is 0 Å². The first-order valence-electron chi connectivity index (χ1n) is 11.5. The fourth-order valence-corrected chi connectivity index (χ4v) is 4.65. The standard InChI is InChI=1S/C26H32N4O2S/c1-19(2)32-24-7-5-4-6-23(24)28-25(31)16-22-18-33-26(27-22)21-10-8-20(9-11-21)17-30-14-12-29(3)13-15-30/h4-11,18-19H,12-17H2,1-3H3,(H,28,31). The van der Waals surface area contributed by atoms with Gasteiger partial charge in [-0.3, -0.25) is 9.69 Å². The molecule has 0 unspecified atom stereocenters. The number of amides is 1. The van der Waals surface area contributed by atoms with Crippen molar-refractivity contribution < 1.29 is 9.53 Å². The highest BCUT2D eigenvalue weighted by molar-refractivity contribution is 7.13. The van der Waals surface area contributed by atoms with Gasteiger partial charge in [0.2, 0.25) is 5.91 Å². The molecule has 1 saturated heterocycles. The molecular weight excluding hydrogens is 432 g/mol. The van der Waals surface area contributed by atoms with Crippen LogP contribution in [0.25, 0.3) is 10.6 Å².